The summed E-state index contributed by atoms with van der Waals surface area (Å²) in [6.45, 7) is 16.6. The Kier molecular flexibility index (Phi) is 3.52. The Bertz CT molecular complexity index is 225. The molecule has 90 valence electrons. The van der Waals surface area contributed by atoms with E-state index in [1.807, 2.05) is 0 Å². The summed E-state index contributed by atoms with van der Waals surface area (Å²) < 4.78 is 1.20. The molecule has 0 aliphatic carbocycles. The van der Waals surface area contributed by atoms with E-state index >= 15 is 0 Å². The molecule has 2 nitrogen and oxygen atoms in total. The van der Waals surface area contributed by atoms with Crippen molar-refractivity contribution in [1.82, 2.24) is 4.90 Å². The summed E-state index contributed by atoms with van der Waals surface area (Å²) in [6, 6.07) is 1.45. The Morgan fingerprint density at radius 1 is 1.27 bits per heavy atom. The normalized spacial score (nSPS) is 38.6. The first-order chi connectivity index (χ1) is 6.78. The van der Waals surface area contributed by atoms with Crippen LogP contribution in [-0.2, 0) is 0 Å². The number of hydrogen-bond acceptors (Lipinski definition) is 1. The van der Waals surface area contributed by atoms with Crippen LogP contribution in [0, 0.1) is 0 Å². The molecule has 1 saturated heterocycles. The number of nitrogens with zero attached hydrogens (tertiary/aromatic N) is 2. The maximum Gasteiger partial charge on any atom is 0.136 e. The highest BCUT2D eigenvalue weighted by Gasteiger charge is 2.48. The van der Waals surface area contributed by atoms with Gasteiger partial charge in [-0.1, -0.05) is 6.92 Å². The standard InChI is InChI=1S/C13H29N2/c1-8-13(5,6)14-10-15(7,9-2)12(4)11(14)3/h11-12H,8-10H2,1-7H3/q+1/t11?,12?,15-/m0/s1. The first-order valence-corrected chi connectivity index (χ1v) is 6.39. The third-order valence-electron chi connectivity index (χ3n) is 5.01. The van der Waals surface area contributed by atoms with Crippen LogP contribution in [0.2, 0.25) is 0 Å². The zero-order chi connectivity index (χ0) is 11.9. The summed E-state index contributed by atoms with van der Waals surface area (Å²) >= 11 is 0. The van der Waals surface area contributed by atoms with Crippen molar-refractivity contribution in [3.8, 4) is 0 Å². The van der Waals surface area contributed by atoms with E-state index in [4.69, 9.17) is 0 Å². The Morgan fingerprint density at radius 2 is 1.80 bits per heavy atom. The van der Waals surface area contributed by atoms with E-state index in [0.29, 0.717) is 11.6 Å². The number of rotatable bonds is 3. The summed E-state index contributed by atoms with van der Waals surface area (Å²) in [5.41, 5.74) is 0.346. The Morgan fingerprint density at radius 3 is 2.13 bits per heavy atom. The van der Waals surface area contributed by atoms with Crippen molar-refractivity contribution >= 4 is 0 Å². The quantitative estimate of drug-likeness (QED) is 0.652. The number of hydrogen-bond donors (Lipinski definition) is 0. The number of quaternary nitrogens is 1. The molecule has 0 aromatic carbocycles. The fourth-order valence-corrected chi connectivity index (χ4v) is 2.72. The highest BCUT2D eigenvalue weighted by molar-refractivity contribution is 4.89. The molecule has 0 amide bonds. The Hall–Kier alpha value is -0.0800. The third-order valence-corrected chi connectivity index (χ3v) is 5.01. The van der Waals surface area contributed by atoms with Crippen molar-refractivity contribution in [1.29, 1.82) is 0 Å². The van der Waals surface area contributed by atoms with Crippen molar-refractivity contribution < 1.29 is 4.48 Å². The molecule has 0 bridgehead atoms. The van der Waals surface area contributed by atoms with Gasteiger partial charge in [-0.05, 0) is 41.0 Å². The van der Waals surface area contributed by atoms with Gasteiger partial charge in [0.15, 0.2) is 0 Å². The maximum atomic E-state index is 2.70. The van der Waals surface area contributed by atoms with Crippen LogP contribution in [0.5, 0.6) is 0 Å². The lowest BCUT2D eigenvalue weighted by Crippen LogP contribution is -2.49. The van der Waals surface area contributed by atoms with Crippen molar-refractivity contribution in [2.24, 2.45) is 0 Å². The summed E-state index contributed by atoms with van der Waals surface area (Å²) in [4.78, 5) is 2.70. The predicted octanol–water partition coefficient (Wildman–Crippen LogP) is 2.69. The lowest BCUT2D eigenvalue weighted by atomic mass is 9.97. The fraction of sp³-hybridized carbons (Fsp3) is 1.00. The van der Waals surface area contributed by atoms with Crippen LogP contribution in [0.4, 0.5) is 0 Å². The second-order valence-corrected chi connectivity index (χ2v) is 6.05. The zero-order valence-corrected chi connectivity index (χ0v) is 11.7. The molecule has 1 aliphatic heterocycles. The molecule has 0 radical (unpaired) electrons. The van der Waals surface area contributed by atoms with E-state index in [9.17, 15) is 0 Å². The molecule has 0 N–H and O–H groups in total. The average Bonchev–Trinajstić information content (AvgIpc) is 2.44. The molecule has 0 saturated carbocycles. The summed E-state index contributed by atoms with van der Waals surface area (Å²) in [5, 5.41) is 0. The minimum Gasteiger partial charge on any atom is -0.310 e. The molecule has 3 atom stereocenters. The third kappa shape index (κ3) is 2.07. The highest BCUT2D eigenvalue weighted by atomic mass is 15.5. The van der Waals surface area contributed by atoms with Crippen LogP contribution < -0.4 is 0 Å². The fourth-order valence-electron chi connectivity index (χ4n) is 2.72. The average molecular weight is 213 g/mol. The minimum absolute atomic E-state index is 0.346. The summed E-state index contributed by atoms with van der Waals surface area (Å²) in [6.07, 6.45) is 1.23. The molecule has 0 aromatic rings. The molecule has 2 heteroatoms. The molecule has 0 spiro atoms. The van der Waals surface area contributed by atoms with E-state index in [2.05, 4.69) is 53.5 Å². The molecule has 2 unspecified atom stereocenters. The summed E-state index contributed by atoms with van der Waals surface area (Å²) in [7, 11) is 2.40. The van der Waals surface area contributed by atoms with Crippen LogP contribution in [0.1, 0.15) is 48.0 Å². The van der Waals surface area contributed by atoms with Gasteiger partial charge in [-0.2, -0.15) is 0 Å². The van der Waals surface area contributed by atoms with Gasteiger partial charge >= 0.3 is 0 Å². The van der Waals surface area contributed by atoms with Gasteiger partial charge in [-0.3, -0.25) is 0 Å². The first kappa shape index (κ1) is 13.0. The van der Waals surface area contributed by atoms with Crippen molar-refractivity contribution in [3.05, 3.63) is 0 Å². The molecule has 0 aromatic heterocycles. The van der Waals surface area contributed by atoms with E-state index < -0.39 is 0 Å². The largest absolute Gasteiger partial charge is 0.310 e. The topological polar surface area (TPSA) is 3.24 Å². The highest BCUT2D eigenvalue weighted by Crippen LogP contribution is 2.33. The van der Waals surface area contributed by atoms with Gasteiger partial charge in [0, 0.05) is 5.54 Å². The van der Waals surface area contributed by atoms with Crippen molar-refractivity contribution in [2.45, 2.75) is 65.6 Å². The molecule has 1 rings (SSSR count). The minimum atomic E-state index is 0.346. The number of likely N-dealkylation sites (N-methyl/N-ethyl adjacent to an activating group) is 1. The van der Waals surface area contributed by atoms with E-state index in [1.54, 1.807) is 0 Å². The monoisotopic (exact) mass is 213 g/mol. The van der Waals surface area contributed by atoms with Crippen LogP contribution in [0.25, 0.3) is 0 Å². The van der Waals surface area contributed by atoms with Crippen LogP contribution in [-0.4, -0.2) is 47.3 Å². The van der Waals surface area contributed by atoms with Gasteiger partial charge < -0.3 is 4.48 Å². The van der Waals surface area contributed by atoms with Gasteiger partial charge in [0.1, 0.15) is 12.7 Å². The van der Waals surface area contributed by atoms with Gasteiger partial charge in [0.05, 0.1) is 19.6 Å². The molecule has 1 fully saturated rings. The van der Waals surface area contributed by atoms with E-state index in [0.717, 1.165) is 6.04 Å². The van der Waals surface area contributed by atoms with Gasteiger partial charge in [0.2, 0.25) is 0 Å². The van der Waals surface area contributed by atoms with Gasteiger partial charge in [-0.25, -0.2) is 4.90 Å². The van der Waals surface area contributed by atoms with E-state index in [1.165, 1.54) is 24.1 Å². The van der Waals surface area contributed by atoms with Crippen molar-refractivity contribution in [3.63, 3.8) is 0 Å². The van der Waals surface area contributed by atoms with Crippen molar-refractivity contribution in [2.75, 3.05) is 20.3 Å². The van der Waals surface area contributed by atoms with Crippen LogP contribution >= 0.6 is 0 Å². The van der Waals surface area contributed by atoms with Crippen LogP contribution in [0.3, 0.4) is 0 Å². The first-order valence-electron chi connectivity index (χ1n) is 6.39. The molecule has 15 heavy (non-hydrogen) atoms. The molecular formula is C13H29N2+. The predicted molar refractivity (Wildman–Crippen MR) is 66.7 cm³/mol. The van der Waals surface area contributed by atoms with Gasteiger partial charge in [0.25, 0.3) is 0 Å². The van der Waals surface area contributed by atoms with E-state index in [-0.39, 0.29) is 0 Å². The Balaban J connectivity index is 2.89. The lowest BCUT2D eigenvalue weighted by molar-refractivity contribution is -0.922. The smallest absolute Gasteiger partial charge is 0.136 e. The summed E-state index contributed by atoms with van der Waals surface area (Å²) in [5.74, 6) is 0. The second kappa shape index (κ2) is 4.06. The van der Waals surface area contributed by atoms with Gasteiger partial charge in [-0.15, -0.1) is 0 Å². The molecule has 1 aliphatic rings. The molecular weight excluding hydrogens is 184 g/mol. The maximum absolute atomic E-state index is 2.70. The Labute approximate surface area is 95.8 Å². The second-order valence-electron chi connectivity index (χ2n) is 6.05. The van der Waals surface area contributed by atoms with Crippen LogP contribution in [0.15, 0.2) is 0 Å². The zero-order valence-electron chi connectivity index (χ0n) is 11.7. The lowest BCUT2D eigenvalue weighted by Gasteiger charge is -2.36. The SMILES string of the molecule is CCC(C)(C)N1C[N@+](C)(CC)C(C)C1C. The molecule has 1 heterocycles.